The highest BCUT2D eigenvalue weighted by atomic mass is 16.5. The number of morpholine rings is 1. The van der Waals surface area contributed by atoms with Gasteiger partial charge in [-0.1, -0.05) is 33.1 Å². The van der Waals surface area contributed by atoms with Crippen LogP contribution in [0.4, 0.5) is 0 Å². The fourth-order valence-electron chi connectivity index (χ4n) is 3.19. The van der Waals surface area contributed by atoms with Crippen molar-refractivity contribution in [1.82, 2.24) is 5.32 Å². The standard InChI is InChI=1S/C12H23NO/c1-10(2)11-12(14-9-8-13-11)6-4-3-5-7-12/h10-11,13H,3-9H2,1-2H3. The molecule has 2 nitrogen and oxygen atoms in total. The smallest absolute Gasteiger partial charge is 0.0837 e. The van der Waals surface area contributed by atoms with Gasteiger partial charge in [-0.05, 0) is 18.8 Å². The lowest BCUT2D eigenvalue weighted by Gasteiger charge is -2.48. The van der Waals surface area contributed by atoms with Crippen molar-refractivity contribution < 1.29 is 4.74 Å². The van der Waals surface area contributed by atoms with Crippen molar-refractivity contribution in [3.05, 3.63) is 0 Å². The van der Waals surface area contributed by atoms with Crippen LogP contribution in [0.15, 0.2) is 0 Å². The molecule has 1 atom stereocenters. The van der Waals surface area contributed by atoms with E-state index in [1.54, 1.807) is 0 Å². The second-order valence-corrected chi connectivity index (χ2v) is 5.15. The fraction of sp³-hybridized carbons (Fsp3) is 1.00. The van der Waals surface area contributed by atoms with Crippen molar-refractivity contribution in [3.8, 4) is 0 Å². The Morgan fingerprint density at radius 3 is 2.57 bits per heavy atom. The van der Waals surface area contributed by atoms with E-state index in [2.05, 4.69) is 19.2 Å². The average molecular weight is 197 g/mol. The van der Waals surface area contributed by atoms with Crippen molar-refractivity contribution in [1.29, 1.82) is 0 Å². The maximum atomic E-state index is 6.12. The highest BCUT2D eigenvalue weighted by molar-refractivity contribution is 4.99. The summed E-state index contributed by atoms with van der Waals surface area (Å²) < 4.78 is 6.12. The Hall–Kier alpha value is -0.0800. The predicted octanol–water partition coefficient (Wildman–Crippen LogP) is 2.33. The molecule has 1 aliphatic heterocycles. The molecule has 1 N–H and O–H groups in total. The van der Waals surface area contributed by atoms with Gasteiger partial charge in [0, 0.05) is 12.6 Å². The molecule has 0 aromatic carbocycles. The van der Waals surface area contributed by atoms with Gasteiger partial charge in [-0.15, -0.1) is 0 Å². The Balaban J connectivity index is 2.10. The maximum absolute atomic E-state index is 6.12. The van der Waals surface area contributed by atoms with E-state index in [1.807, 2.05) is 0 Å². The third-order valence-corrected chi connectivity index (χ3v) is 3.79. The Kier molecular flexibility index (Phi) is 3.13. The molecule has 2 rings (SSSR count). The molecular weight excluding hydrogens is 174 g/mol. The van der Waals surface area contributed by atoms with Crippen LogP contribution in [0.5, 0.6) is 0 Å². The first-order chi connectivity index (χ1) is 6.75. The highest BCUT2D eigenvalue weighted by Gasteiger charge is 2.43. The molecule has 1 spiro atoms. The Morgan fingerprint density at radius 1 is 1.21 bits per heavy atom. The van der Waals surface area contributed by atoms with Crippen LogP contribution in [0, 0.1) is 5.92 Å². The first-order valence-electron chi connectivity index (χ1n) is 6.12. The lowest BCUT2D eigenvalue weighted by molar-refractivity contribution is -0.127. The monoisotopic (exact) mass is 197 g/mol. The summed E-state index contributed by atoms with van der Waals surface area (Å²) >= 11 is 0. The number of hydrogen-bond donors (Lipinski definition) is 1. The van der Waals surface area contributed by atoms with Crippen LogP contribution in [0.3, 0.4) is 0 Å². The van der Waals surface area contributed by atoms with Crippen LogP contribution in [-0.2, 0) is 4.74 Å². The van der Waals surface area contributed by atoms with Gasteiger partial charge < -0.3 is 10.1 Å². The molecule has 1 heterocycles. The molecule has 1 saturated heterocycles. The molecule has 0 radical (unpaired) electrons. The third-order valence-electron chi connectivity index (χ3n) is 3.79. The molecule has 2 heteroatoms. The van der Waals surface area contributed by atoms with Gasteiger partial charge in [0.2, 0.25) is 0 Å². The predicted molar refractivity (Wildman–Crippen MR) is 58.4 cm³/mol. The third kappa shape index (κ3) is 1.82. The van der Waals surface area contributed by atoms with Gasteiger partial charge in [0.05, 0.1) is 12.2 Å². The zero-order valence-corrected chi connectivity index (χ0v) is 9.51. The maximum Gasteiger partial charge on any atom is 0.0837 e. The Morgan fingerprint density at radius 2 is 1.93 bits per heavy atom. The summed E-state index contributed by atoms with van der Waals surface area (Å²) in [6, 6.07) is 0.580. The van der Waals surface area contributed by atoms with E-state index in [9.17, 15) is 0 Å². The van der Waals surface area contributed by atoms with Crippen LogP contribution >= 0.6 is 0 Å². The molecule has 0 aromatic heterocycles. The van der Waals surface area contributed by atoms with Gasteiger partial charge in [0.15, 0.2) is 0 Å². The van der Waals surface area contributed by atoms with E-state index in [4.69, 9.17) is 4.74 Å². The zero-order valence-electron chi connectivity index (χ0n) is 9.51. The van der Waals surface area contributed by atoms with E-state index in [0.29, 0.717) is 12.0 Å². The summed E-state index contributed by atoms with van der Waals surface area (Å²) in [7, 11) is 0. The van der Waals surface area contributed by atoms with E-state index in [1.165, 1.54) is 32.1 Å². The van der Waals surface area contributed by atoms with Crippen molar-refractivity contribution in [2.75, 3.05) is 13.2 Å². The summed E-state index contributed by atoms with van der Waals surface area (Å²) in [5.74, 6) is 0.688. The SMILES string of the molecule is CC(C)C1NCCOC12CCCCC2. The molecule has 2 fully saturated rings. The molecule has 0 amide bonds. The van der Waals surface area contributed by atoms with Gasteiger partial charge in [0.25, 0.3) is 0 Å². The summed E-state index contributed by atoms with van der Waals surface area (Å²) in [5.41, 5.74) is 0.185. The van der Waals surface area contributed by atoms with Crippen molar-refractivity contribution in [2.45, 2.75) is 57.6 Å². The van der Waals surface area contributed by atoms with Crippen LogP contribution in [0.1, 0.15) is 46.0 Å². The zero-order chi connectivity index (χ0) is 10.0. The minimum Gasteiger partial charge on any atom is -0.372 e. The molecule has 82 valence electrons. The van der Waals surface area contributed by atoms with Gasteiger partial charge in [-0.3, -0.25) is 0 Å². The van der Waals surface area contributed by atoms with E-state index in [0.717, 1.165) is 13.2 Å². The molecule has 2 aliphatic rings. The first kappa shape index (κ1) is 10.4. The first-order valence-corrected chi connectivity index (χ1v) is 6.12. The molecule has 0 bridgehead atoms. The van der Waals surface area contributed by atoms with E-state index >= 15 is 0 Å². The summed E-state index contributed by atoms with van der Waals surface area (Å²) in [5, 5.41) is 3.65. The molecular formula is C12H23NO. The second-order valence-electron chi connectivity index (χ2n) is 5.15. The van der Waals surface area contributed by atoms with Crippen molar-refractivity contribution in [2.24, 2.45) is 5.92 Å². The second kappa shape index (κ2) is 4.19. The van der Waals surface area contributed by atoms with Crippen molar-refractivity contribution >= 4 is 0 Å². The van der Waals surface area contributed by atoms with Gasteiger partial charge in [-0.2, -0.15) is 0 Å². The molecule has 0 aromatic rings. The minimum atomic E-state index is 0.185. The quantitative estimate of drug-likeness (QED) is 0.696. The van der Waals surface area contributed by atoms with Gasteiger partial charge in [-0.25, -0.2) is 0 Å². The van der Waals surface area contributed by atoms with Gasteiger partial charge in [0.1, 0.15) is 0 Å². The summed E-state index contributed by atoms with van der Waals surface area (Å²) in [6.45, 7) is 6.55. The molecule has 14 heavy (non-hydrogen) atoms. The van der Waals surface area contributed by atoms with Crippen LogP contribution in [0.2, 0.25) is 0 Å². The number of rotatable bonds is 1. The van der Waals surface area contributed by atoms with Crippen molar-refractivity contribution in [3.63, 3.8) is 0 Å². The van der Waals surface area contributed by atoms with E-state index in [-0.39, 0.29) is 5.60 Å². The Labute approximate surface area is 87.4 Å². The minimum absolute atomic E-state index is 0.185. The molecule has 1 saturated carbocycles. The number of hydrogen-bond acceptors (Lipinski definition) is 2. The largest absolute Gasteiger partial charge is 0.372 e. The lowest BCUT2D eigenvalue weighted by atomic mass is 9.74. The molecule has 1 unspecified atom stereocenters. The summed E-state index contributed by atoms with van der Waals surface area (Å²) in [6.07, 6.45) is 6.64. The van der Waals surface area contributed by atoms with Crippen LogP contribution < -0.4 is 5.32 Å². The van der Waals surface area contributed by atoms with E-state index < -0.39 is 0 Å². The lowest BCUT2D eigenvalue weighted by Crippen LogP contribution is -2.60. The fourth-order valence-corrected chi connectivity index (χ4v) is 3.19. The van der Waals surface area contributed by atoms with Gasteiger partial charge >= 0.3 is 0 Å². The Bertz CT molecular complexity index is 176. The highest BCUT2D eigenvalue weighted by Crippen LogP contribution is 2.38. The molecule has 1 aliphatic carbocycles. The topological polar surface area (TPSA) is 21.3 Å². The number of ether oxygens (including phenoxy) is 1. The van der Waals surface area contributed by atoms with Crippen LogP contribution in [0.25, 0.3) is 0 Å². The van der Waals surface area contributed by atoms with Crippen LogP contribution in [-0.4, -0.2) is 24.8 Å². The average Bonchev–Trinajstić information content (AvgIpc) is 2.19. The normalized spacial score (nSPS) is 32.4. The number of nitrogens with one attached hydrogen (secondary N) is 1. The summed E-state index contributed by atoms with van der Waals surface area (Å²) in [4.78, 5) is 0.